The zero-order chi connectivity index (χ0) is 12.5. The summed E-state index contributed by atoms with van der Waals surface area (Å²) in [6.45, 7) is 3.38. The Kier molecular flexibility index (Phi) is 9.57. The third-order valence-electron chi connectivity index (χ3n) is 2.11. The highest BCUT2D eigenvalue weighted by atomic mass is 127. The molecule has 6 heteroatoms. The van der Waals surface area contributed by atoms with E-state index in [0.717, 1.165) is 0 Å². The summed E-state index contributed by atoms with van der Waals surface area (Å²) in [4.78, 5) is 4.23. The summed E-state index contributed by atoms with van der Waals surface area (Å²) >= 11 is 0. The number of aliphatic hydroxyl groups is 1. The zero-order valence-corrected chi connectivity index (χ0v) is 12.6. The van der Waals surface area contributed by atoms with Crippen LogP contribution in [0.25, 0.3) is 0 Å². The first kappa shape index (κ1) is 17.1. The van der Waals surface area contributed by atoms with Gasteiger partial charge in [-0.05, 0) is 13.0 Å². The maximum absolute atomic E-state index is 13.3. The van der Waals surface area contributed by atoms with Crippen LogP contribution in [0.4, 0.5) is 4.39 Å². The third kappa shape index (κ3) is 6.15. The van der Waals surface area contributed by atoms with E-state index < -0.39 is 0 Å². The lowest BCUT2D eigenvalue weighted by Gasteiger charge is -2.10. The molecule has 0 unspecified atom stereocenters. The van der Waals surface area contributed by atoms with Crippen LogP contribution in [0.1, 0.15) is 12.5 Å². The molecule has 0 saturated heterocycles. The molecule has 0 amide bonds. The SMILES string of the molecule is CCNC(=NCc1ccccc1F)NCCO.I. The van der Waals surface area contributed by atoms with Crippen molar-refractivity contribution in [2.75, 3.05) is 19.7 Å². The van der Waals surface area contributed by atoms with Crippen molar-refractivity contribution in [3.63, 3.8) is 0 Å². The molecule has 0 atom stereocenters. The standard InChI is InChI=1S/C12H18FN3O.HI/c1-2-14-12(15-7-8-17)16-9-10-5-3-4-6-11(10)13;/h3-6,17H,2,7-9H2,1H3,(H2,14,15,16);1H. The third-order valence-corrected chi connectivity index (χ3v) is 2.11. The second kappa shape index (κ2) is 10.1. The molecule has 0 radical (unpaired) electrons. The molecule has 0 aliphatic heterocycles. The summed E-state index contributed by atoms with van der Waals surface area (Å²) < 4.78 is 13.3. The van der Waals surface area contributed by atoms with Crippen molar-refractivity contribution >= 4 is 29.9 Å². The quantitative estimate of drug-likeness (QED) is 0.420. The van der Waals surface area contributed by atoms with Crippen LogP contribution in [0.5, 0.6) is 0 Å². The Balaban J connectivity index is 0.00000289. The molecular formula is C12H19FIN3O. The maximum atomic E-state index is 13.3. The van der Waals surface area contributed by atoms with Crippen LogP contribution >= 0.6 is 24.0 Å². The van der Waals surface area contributed by atoms with E-state index in [1.807, 2.05) is 6.92 Å². The van der Waals surface area contributed by atoms with Crippen molar-refractivity contribution < 1.29 is 9.50 Å². The van der Waals surface area contributed by atoms with E-state index in [9.17, 15) is 4.39 Å². The van der Waals surface area contributed by atoms with Gasteiger partial charge in [-0.2, -0.15) is 0 Å². The summed E-state index contributed by atoms with van der Waals surface area (Å²) in [7, 11) is 0. The number of aliphatic imine (C=N–C) groups is 1. The molecule has 0 aromatic heterocycles. The van der Waals surface area contributed by atoms with E-state index in [1.165, 1.54) is 6.07 Å². The number of benzene rings is 1. The topological polar surface area (TPSA) is 56.7 Å². The van der Waals surface area contributed by atoms with Gasteiger partial charge in [-0.25, -0.2) is 9.38 Å². The molecule has 0 aliphatic carbocycles. The van der Waals surface area contributed by atoms with Gasteiger partial charge >= 0.3 is 0 Å². The number of hydrogen-bond donors (Lipinski definition) is 3. The van der Waals surface area contributed by atoms with E-state index in [2.05, 4.69) is 15.6 Å². The highest BCUT2D eigenvalue weighted by molar-refractivity contribution is 14.0. The van der Waals surface area contributed by atoms with Crippen LogP contribution in [0, 0.1) is 5.82 Å². The minimum absolute atomic E-state index is 0. The second-order valence-corrected chi connectivity index (χ2v) is 3.44. The van der Waals surface area contributed by atoms with Crippen LogP contribution in [-0.4, -0.2) is 30.8 Å². The van der Waals surface area contributed by atoms with Crippen molar-refractivity contribution in [2.45, 2.75) is 13.5 Å². The lowest BCUT2D eigenvalue weighted by molar-refractivity contribution is 0.300. The highest BCUT2D eigenvalue weighted by Crippen LogP contribution is 2.07. The van der Waals surface area contributed by atoms with Gasteiger partial charge in [-0.3, -0.25) is 0 Å². The average Bonchev–Trinajstić information content (AvgIpc) is 2.34. The smallest absolute Gasteiger partial charge is 0.191 e. The Morgan fingerprint density at radius 3 is 2.67 bits per heavy atom. The van der Waals surface area contributed by atoms with E-state index in [4.69, 9.17) is 5.11 Å². The number of halogens is 2. The molecule has 1 aromatic rings. The zero-order valence-electron chi connectivity index (χ0n) is 10.3. The van der Waals surface area contributed by atoms with Gasteiger partial charge in [0.05, 0.1) is 13.2 Å². The van der Waals surface area contributed by atoms with Crippen LogP contribution in [0.2, 0.25) is 0 Å². The minimum Gasteiger partial charge on any atom is -0.395 e. The summed E-state index contributed by atoms with van der Waals surface area (Å²) in [6, 6.07) is 6.55. The number of rotatable bonds is 5. The van der Waals surface area contributed by atoms with Gasteiger partial charge in [0.25, 0.3) is 0 Å². The Labute approximate surface area is 124 Å². The number of guanidine groups is 1. The number of nitrogens with zero attached hydrogens (tertiary/aromatic N) is 1. The summed E-state index contributed by atoms with van der Waals surface area (Å²) in [5.74, 6) is 0.319. The fourth-order valence-electron chi connectivity index (χ4n) is 1.31. The van der Waals surface area contributed by atoms with Crippen LogP contribution in [-0.2, 0) is 6.54 Å². The van der Waals surface area contributed by atoms with Crippen molar-refractivity contribution in [1.82, 2.24) is 10.6 Å². The summed E-state index contributed by atoms with van der Waals surface area (Å²) in [5.41, 5.74) is 0.550. The summed E-state index contributed by atoms with van der Waals surface area (Å²) in [6.07, 6.45) is 0. The monoisotopic (exact) mass is 367 g/mol. The van der Waals surface area contributed by atoms with Crippen LogP contribution < -0.4 is 10.6 Å². The molecule has 1 rings (SSSR count). The Morgan fingerprint density at radius 1 is 1.33 bits per heavy atom. The maximum Gasteiger partial charge on any atom is 0.191 e. The predicted octanol–water partition coefficient (Wildman–Crippen LogP) is 1.49. The van der Waals surface area contributed by atoms with Crippen molar-refractivity contribution in [3.8, 4) is 0 Å². The van der Waals surface area contributed by atoms with Crippen LogP contribution in [0.3, 0.4) is 0 Å². The summed E-state index contributed by atoms with van der Waals surface area (Å²) in [5, 5.41) is 14.6. The first-order chi connectivity index (χ1) is 8.27. The number of nitrogens with one attached hydrogen (secondary N) is 2. The minimum atomic E-state index is -0.255. The van der Waals surface area contributed by atoms with Gasteiger partial charge in [0.15, 0.2) is 5.96 Å². The Bertz CT molecular complexity index is 374. The fraction of sp³-hybridized carbons (Fsp3) is 0.417. The first-order valence-electron chi connectivity index (χ1n) is 5.64. The lowest BCUT2D eigenvalue weighted by atomic mass is 10.2. The van der Waals surface area contributed by atoms with Gasteiger partial charge in [0, 0.05) is 18.7 Å². The van der Waals surface area contributed by atoms with Gasteiger partial charge in [0.2, 0.25) is 0 Å². The average molecular weight is 367 g/mol. The van der Waals surface area contributed by atoms with Gasteiger partial charge in [-0.1, -0.05) is 18.2 Å². The largest absolute Gasteiger partial charge is 0.395 e. The number of aliphatic hydroxyl groups excluding tert-OH is 1. The van der Waals surface area contributed by atoms with E-state index in [-0.39, 0.29) is 42.9 Å². The molecule has 0 saturated carbocycles. The van der Waals surface area contributed by atoms with Crippen molar-refractivity contribution in [1.29, 1.82) is 0 Å². The molecule has 0 fully saturated rings. The van der Waals surface area contributed by atoms with Gasteiger partial charge in [-0.15, -0.1) is 24.0 Å². The Morgan fingerprint density at radius 2 is 2.06 bits per heavy atom. The molecule has 0 spiro atoms. The van der Waals surface area contributed by atoms with Gasteiger partial charge in [0.1, 0.15) is 5.82 Å². The molecule has 3 N–H and O–H groups in total. The van der Waals surface area contributed by atoms with Gasteiger partial charge < -0.3 is 15.7 Å². The van der Waals surface area contributed by atoms with Crippen LogP contribution in [0.15, 0.2) is 29.3 Å². The number of hydrogen-bond acceptors (Lipinski definition) is 2. The van der Waals surface area contributed by atoms with E-state index >= 15 is 0 Å². The normalized spacial score (nSPS) is 10.7. The molecule has 0 bridgehead atoms. The Hall–Kier alpha value is -0.890. The molecule has 18 heavy (non-hydrogen) atoms. The van der Waals surface area contributed by atoms with Crippen molar-refractivity contribution in [2.24, 2.45) is 4.99 Å². The molecule has 102 valence electrons. The predicted molar refractivity (Wildman–Crippen MR) is 81.7 cm³/mol. The first-order valence-corrected chi connectivity index (χ1v) is 5.64. The van der Waals surface area contributed by atoms with Crippen molar-refractivity contribution in [3.05, 3.63) is 35.6 Å². The molecule has 4 nitrogen and oxygen atoms in total. The lowest BCUT2D eigenvalue weighted by Crippen LogP contribution is -2.38. The molecule has 0 aliphatic rings. The van der Waals surface area contributed by atoms with E-state index in [0.29, 0.717) is 24.6 Å². The molecular weight excluding hydrogens is 348 g/mol. The molecule has 1 aromatic carbocycles. The fourth-order valence-corrected chi connectivity index (χ4v) is 1.31. The molecule has 0 heterocycles. The van der Waals surface area contributed by atoms with E-state index in [1.54, 1.807) is 18.2 Å². The highest BCUT2D eigenvalue weighted by Gasteiger charge is 2.00. The second-order valence-electron chi connectivity index (χ2n) is 3.44.